The molecule has 0 N–H and O–H groups in total. The lowest BCUT2D eigenvalue weighted by Gasteiger charge is -2.18. The van der Waals surface area contributed by atoms with Crippen LogP contribution in [0.1, 0.15) is 27.2 Å². The molecule has 6 nitrogen and oxygen atoms in total. The van der Waals surface area contributed by atoms with E-state index in [-0.39, 0.29) is 19.6 Å². The number of ether oxygens (including phenoxy) is 3. The monoisotopic (exact) mass is 258 g/mol. The highest BCUT2D eigenvalue weighted by Gasteiger charge is 2.21. The van der Waals surface area contributed by atoms with Crippen molar-refractivity contribution in [2.45, 2.75) is 33.3 Å². The molecule has 0 spiro atoms. The number of rotatable bonds is 7. The lowest BCUT2D eigenvalue weighted by molar-refractivity contribution is -0.151. The van der Waals surface area contributed by atoms with Crippen molar-refractivity contribution in [1.29, 1.82) is 0 Å². The van der Waals surface area contributed by atoms with E-state index in [9.17, 15) is 14.4 Å². The summed E-state index contributed by atoms with van der Waals surface area (Å²) in [6.07, 6.45) is -0.992. The molecule has 0 heterocycles. The Balaban J connectivity index is 4.46. The molecule has 0 aromatic rings. The molecule has 0 rings (SSSR count). The van der Waals surface area contributed by atoms with E-state index in [0.29, 0.717) is 5.57 Å². The Kier molecular flexibility index (Phi) is 7.42. The molecule has 1 unspecified atom stereocenters. The molecule has 0 saturated heterocycles. The van der Waals surface area contributed by atoms with Gasteiger partial charge in [-0.3, -0.25) is 14.4 Å². The Morgan fingerprint density at radius 3 is 2.17 bits per heavy atom. The normalized spacial score (nSPS) is 11.3. The van der Waals surface area contributed by atoms with E-state index in [1.54, 1.807) is 6.92 Å². The van der Waals surface area contributed by atoms with Crippen LogP contribution >= 0.6 is 0 Å². The second-order valence-electron chi connectivity index (χ2n) is 3.55. The first-order valence-electron chi connectivity index (χ1n) is 5.50. The number of hydrogen-bond donors (Lipinski definition) is 0. The second kappa shape index (κ2) is 8.27. The Morgan fingerprint density at radius 1 is 1.11 bits per heavy atom. The fraction of sp³-hybridized carbons (Fsp3) is 0.583. The first-order chi connectivity index (χ1) is 8.36. The van der Waals surface area contributed by atoms with Crippen molar-refractivity contribution in [3.8, 4) is 0 Å². The Hall–Kier alpha value is -1.85. The number of carbonyl (C=O) groups excluding carboxylic acids is 3. The van der Waals surface area contributed by atoms with E-state index in [1.807, 2.05) is 0 Å². The maximum atomic E-state index is 11.3. The van der Waals surface area contributed by atoms with Gasteiger partial charge in [-0.05, 0) is 6.92 Å². The average molecular weight is 258 g/mol. The molecule has 18 heavy (non-hydrogen) atoms. The van der Waals surface area contributed by atoms with Crippen molar-refractivity contribution < 1.29 is 28.6 Å². The third-order valence-corrected chi connectivity index (χ3v) is 1.88. The van der Waals surface area contributed by atoms with Crippen LogP contribution in [0.5, 0.6) is 0 Å². The van der Waals surface area contributed by atoms with E-state index < -0.39 is 24.0 Å². The van der Waals surface area contributed by atoms with Crippen LogP contribution in [0.4, 0.5) is 0 Å². The summed E-state index contributed by atoms with van der Waals surface area (Å²) in [5.74, 6) is -1.53. The standard InChI is InChI=1S/C12H18O6/c1-5-16-12(15)6-11(18-10(4)14)8(2)7-17-9(3)13/h11H,2,5-7H2,1,3-4H3. The fourth-order valence-corrected chi connectivity index (χ4v) is 1.13. The predicted molar refractivity (Wildman–Crippen MR) is 62.6 cm³/mol. The van der Waals surface area contributed by atoms with Crippen LogP contribution in [0.15, 0.2) is 12.2 Å². The zero-order valence-corrected chi connectivity index (χ0v) is 10.9. The lowest BCUT2D eigenvalue weighted by Crippen LogP contribution is -2.25. The SMILES string of the molecule is C=C(COC(C)=O)C(CC(=O)OCC)OC(C)=O. The third-order valence-electron chi connectivity index (χ3n) is 1.88. The van der Waals surface area contributed by atoms with E-state index in [2.05, 4.69) is 6.58 Å². The van der Waals surface area contributed by atoms with Crippen molar-refractivity contribution in [3.05, 3.63) is 12.2 Å². The highest BCUT2D eigenvalue weighted by Crippen LogP contribution is 2.11. The molecule has 0 aliphatic heterocycles. The molecule has 0 saturated carbocycles. The van der Waals surface area contributed by atoms with Crippen LogP contribution in [0, 0.1) is 0 Å². The Labute approximate surface area is 106 Å². The minimum absolute atomic E-state index is 0.104. The molecule has 0 aromatic carbocycles. The lowest BCUT2D eigenvalue weighted by atomic mass is 10.1. The van der Waals surface area contributed by atoms with E-state index in [0.717, 1.165) is 0 Å². The quantitative estimate of drug-likeness (QED) is 0.385. The third kappa shape index (κ3) is 7.43. The van der Waals surface area contributed by atoms with Gasteiger partial charge in [-0.25, -0.2) is 0 Å². The number of carbonyl (C=O) groups is 3. The second-order valence-corrected chi connectivity index (χ2v) is 3.55. The summed E-state index contributed by atoms with van der Waals surface area (Å²) in [7, 11) is 0. The fourth-order valence-electron chi connectivity index (χ4n) is 1.13. The average Bonchev–Trinajstić information content (AvgIpc) is 2.24. The van der Waals surface area contributed by atoms with Gasteiger partial charge in [0.2, 0.25) is 0 Å². The molecule has 0 fully saturated rings. The van der Waals surface area contributed by atoms with Crippen LogP contribution in [-0.2, 0) is 28.6 Å². The topological polar surface area (TPSA) is 78.9 Å². The van der Waals surface area contributed by atoms with E-state index in [1.165, 1.54) is 13.8 Å². The molecule has 0 aliphatic rings. The maximum absolute atomic E-state index is 11.3. The Bertz CT molecular complexity index is 333. The van der Waals surface area contributed by atoms with Crippen LogP contribution in [0.25, 0.3) is 0 Å². The van der Waals surface area contributed by atoms with Gasteiger partial charge in [0.25, 0.3) is 0 Å². The molecule has 0 radical (unpaired) electrons. The first-order valence-corrected chi connectivity index (χ1v) is 5.50. The van der Waals surface area contributed by atoms with Gasteiger partial charge in [-0.2, -0.15) is 0 Å². The zero-order valence-electron chi connectivity index (χ0n) is 10.9. The molecule has 6 heteroatoms. The minimum atomic E-state index is -0.846. The molecular formula is C12H18O6. The molecule has 0 amide bonds. The molecule has 1 atom stereocenters. The maximum Gasteiger partial charge on any atom is 0.309 e. The summed E-state index contributed by atoms with van der Waals surface area (Å²) < 4.78 is 14.4. The number of esters is 3. The summed E-state index contributed by atoms with van der Waals surface area (Å²) in [5.41, 5.74) is 0.327. The predicted octanol–water partition coefficient (Wildman–Crippen LogP) is 0.991. The van der Waals surface area contributed by atoms with Gasteiger partial charge in [-0.1, -0.05) is 6.58 Å². The van der Waals surface area contributed by atoms with Crippen molar-refractivity contribution >= 4 is 17.9 Å². The summed E-state index contributed by atoms with van der Waals surface area (Å²) >= 11 is 0. The van der Waals surface area contributed by atoms with Gasteiger partial charge in [0.1, 0.15) is 12.7 Å². The minimum Gasteiger partial charge on any atom is -0.466 e. The van der Waals surface area contributed by atoms with Gasteiger partial charge in [0.15, 0.2) is 0 Å². The summed E-state index contributed by atoms with van der Waals surface area (Å²) in [4.78, 5) is 32.9. The zero-order chi connectivity index (χ0) is 14.1. The Morgan fingerprint density at radius 2 is 1.72 bits per heavy atom. The van der Waals surface area contributed by atoms with Crippen LogP contribution in [0.3, 0.4) is 0 Å². The molecule has 0 aliphatic carbocycles. The first kappa shape index (κ1) is 16.1. The van der Waals surface area contributed by atoms with Crippen molar-refractivity contribution in [1.82, 2.24) is 0 Å². The van der Waals surface area contributed by atoms with Crippen LogP contribution in [0.2, 0.25) is 0 Å². The van der Waals surface area contributed by atoms with E-state index in [4.69, 9.17) is 14.2 Å². The van der Waals surface area contributed by atoms with Gasteiger partial charge in [0.05, 0.1) is 13.0 Å². The highest BCUT2D eigenvalue weighted by molar-refractivity contribution is 5.72. The highest BCUT2D eigenvalue weighted by atomic mass is 16.6. The smallest absolute Gasteiger partial charge is 0.309 e. The van der Waals surface area contributed by atoms with E-state index >= 15 is 0 Å². The van der Waals surface area contributed by atoms with Crippen LogP contribution < -0.4 is 0 Å². The van der Waals surface area contributed by atoms with Crippen molar-refractivity contribution in [2.24, 2.45) is 0 Å². The van der Waals surface area contributed by atoms with Crippen molar-refractivity contribution in [3.63, 3.8) is 0 Å². The summed E-state index contributed by atoms with van der Waals surface area (Å²) in [5, 5.41) is 0. The molecule has 0 aromatic heterocycles. The van der Waals surface area contributed by atoms with Gasteiger partial charge >= 0.3 is 17.9 Å². The molecular weight excluding hydrogens is 240 g/mol. The summed E-state index contributed by atoms with van der Waals surface area (Å²) in [6.45, 7) is 7.91. The van der Waals surface area contributed by atoms with Gasteiger partial charge in [0, 0.05) is 19.4 Å². The van der Waals surface area contributed by atoms with Crippen LogP contribution in [-0.4, -0.2) is 37.2 Å². The van der Waals surface area contributed by atoms with Gasteiger partial charge < -0.3 is 14.2 Å². The number of hydrogen-bond acceptors (Lipinski definition) is 6. The molecule has 102 valence electrons. The molecule has 0 bridgehead atoms. The van der Waals surface area contributed by atoms with Crippen molar-refractivity contribution in [2.75, 3.05) is 13.2 Å². The summed E-state index contributed by atoms with van der Waals surface area (Å²) in [6, 6.07) is 0. The van der Waals surface area contributed by atoms with Gasteiger partial charge in [-0.15, -0.1) is 0 Å². The largest absolute Gasteiger partial charge is 0.466 e.